The van der Waals surface area contributed by atoms with Gasteiger partial charge in [-0.3, -0.25) is 23.5 Å². The average Bonchev–Trinajstić information content (AvgIpc) is 3.61. The van der Waals surface area contributed by atoms with Crippen LogP contribution in [0.2, 0.25) is 0 Å². The molecule has 0 radical (unpaired) electrons. The Morgan fingerprint density at radius 1 is 1.07 bits per heavy atom. The Balaban J connectivity index is 0.00000221. The first-order valence-corrected chi connectivity index (χ1v) is 16.3. The van der Waals surface area contributed by atoms with Crippen molar-refractivity contribution in [3.05, 3.63) is 45.8 Å². The van der Waals surface area contributed by atoms with Crippen molar-refractivity contribution in [3.8, 4) is 0 Å². The van der Waals surface area contributed by atoms with Crippen LogP contribution in [0.4, 0.5) is 5.82 Å². The summed E-state index contributed by atoms with van der Waals surface area (Å²) in [4.78, 5) is 64.6. The molecule has 11 N–H and O–H groups in total. The molecule has 3 fully saturated rings. The summed E-state index contributed by atoms with van der Waals surface area (Å²) in [5, 5.41) is 0. The molecule has 6 rings (SSSR count). The highest BCUT2D eigenvalue weighted by atomic mass is 32.5. The highest BCUT2D eigenvalue weighted by Crippen LogP contribution is 2.51. The summed E-state index contributed by atoms with van der Waals surface area (Å²) in [5.74, 6) is 0.0983. The summed E-state index contributed by atoms with van der Waals surface area (Å²) in [5.41, 5.74) is 4.87. The zero-order valence-corrected chi connectivity index (χ0v) is 26.1. The van der Waals surface area contributed by atoms with Crippen molar-refractivity contribution in [1.82, 2.24) is 41.4 Å². The molecule has 0 spiro atoms. The van der Waals surface area contributed by atoms with E-state index in [-0.39, 0.29) is 42.3 Å². The van der Waals surface area contributed by atoms with Crippen molar-refractivity contribution in [1.29, 1.82) is 0 Å². The number of phosphoric acid groups is 1. The van der Waals surface area contributed by atoms with Gasteiger partial charge in [0, 0.05) is 25.8 Å². The molecule has 44 heavy (non-hydrogen) atoms. The lowest BCUT2D eigenvalue weighted by Gasteiger charge is -2.35. The van der Waals surface area contributed by atoms with E-state index in [1.165, 1.54) is 24.3 Å². The predicted octanol–water partition coefficient (Wildman–Crippen LogP) is -1.22. The molecule has 244 valence electrons. The molecular formula is C20H31N9O12P2S. The van der Waals surface area contributed by atoms with Crippen LogP contribution in [0.3, 0.4) is 0 Å². The second-order valence-corrected chi connectivity index (χ2v) is 13.5. The number of H-pyrrole nitrogens is 1. The molecule has 3 aromatic heterocycles. The Bertz CT molecular complexity index is 1710. The van der Waals surface area contributed by atoms with Crippen LogP contribution in [-0.4, -0.2) is 79.9 Å². The van der Waals surface area contributed by atoms with Gasteiger partial charge in [-0.05, 0) is 0 Å². The first kappa shape index (κ1) is 34.3. The number of rotatable bonds is 3. The number of imidazole rings is 1. The van der Waals surface area contributed by atoms with Crippen molar-refractivity contribution >= 4 is 43.3 Å². The molecule has 2 bridgehead atoms. The van der Waals surface area contributed by atoms with Crippen LogP contribution >= 0.6 is 14.5 Å². The van der Waals surface area contributed by atoms with Crippen LogP contribution in [0.15, 0.2) is 34.5 Å². The molecule has 24 heteroatoms. The molecule has 2 unspecified atom stereocenters. The van der Waals surface area contributed by atoms with E-state index in [9.17, 15) is 23.9 Å². The number of fused-ring (bicyclic) bond motifs is 4. The third-order valence-corrected chi connectivity index (χ3v) is 9.36. The van der Waals surface area contributed by atoms with Crippen LogP contribution < -0.4 is 39.1 Å². The number of nitrogens with zero attached hydrogens (tertiary/aromatic N) is 5. The Morgan fingerprint density at radius 3 is 2.57 bits per heavy atom. The maximum absolute atomic E-state index is 13.3. The number of methoxy groups -OCH3 is 1. The molecule has 0 saturated carbocycles. The van der Waals surface area contributed by atoms with Crippen LogP contribution in [0.5, 0.6) is 0 Å². The van der Waals surface area contributed by atoms with E-state index < -0.39 is 75.4 Å². The Hall–Kier alpha value is -2.53. The fraction of sp³-hybridized carbons (Fsp3) is 0.550. The van der Waals surface area contributed by atoms with Gasteiger partial charge >= 0.3 is 5.69 Å². The van der Waals surface area contributed by atoms with E-state index in [2.05, 4.69) is 19.9 Å². The number of hydrogen-bond donors (Lipinski definition) is 4. The van der Waals surface area contributed by atoms with E-state index in [1.807, 2.05) is 0 Å². The first-order chi connectivity index (χ1) is 19.9. The van der Waals surface area contributed by atoms with Crippen LogP contribution in [0.1, 0.15) is 18.9 Å². The maximum Gasteiger partial charge on any atom is 0.330 e. The van der Waals surface area contributed by atoms with Crippen molar-refractivity contribution in [2.24, 2.45) is 0 Å². The number of ether oxygens (including phenoxy) is 3. The van der Waals surface area contributed by atoms with Crippen LogP contribution in [-0.2, 0) is 48.7 Å². The molecule has 9 atom stereocenters. The number of nitrogens with one attached hydrogen (secondary N) is 1. The summed E-state index contributed by atoms with van der Waals surface area (Å²) in [6.45, 7) is -5.39. The number of hydrogen-bond acceptors (Lipinski definition) is 17. The normalized spacial score (nSPS) is 35.8. The number of quaternary nitrogens is 2. The third kappa shape index (κ3) is 6.69. The van der Waals surface area contributed by atoms with E-state index in [0.717, 1.165) is 16.8 Å². The van der Waals surface area contributed by atoms with Crippen molar-refractivity contribution in [2.75, 3.05) is 26.1 Å². The smallest absolute Gasteiger partial charge is 0.330 e. The van der Waals surface area contributed by atoms with E-state index in [1.54, 1.807) is 0 Å². The Morgan fingerprint density at radius 2 is 1.84 bits per heavy atom. The molecule has 6 heterocycles. The monoisotopic (exact) mass is 683 g/mol. The summed E-state index contributed by atoms with van der Waals surface area (Å²) >= 11 is 5.12. The number of anilines is 1. The van der Waals surface area contributed by atoms with Gasteiger partial charge in [0.15, 0.2) is 23.9 Å². The van der Waals surface area contributed by atoms with Crippen LogP contribution in [0, 0.1) is 0 Å². The van der Waals surface area contributed by atoms with Crippen molar-refractivity contribution < 1.29 is 46.7 Å². The second kappa shape index (κ2) is 13.1. The second-order valence-electron chi connectivity index (χ2n) is 9.45. The molecule has 3 aromatic rings. The number of phosphoric ester groups is 1. The highest BCUT2D eigenvalue weighted by Gasteiger charge is 2.49. The summed E-state index contributed by atoms with van der Waals surface area (Å²) < 4.78 is 54.4. The molecule has 0 aliphatic carbocycles. The summed E-state index contributed by atoms with van der Waals surface area (Å²) in [7, 11) is -3.82. The molecule has 0 amide bonds. The molecule has 3 aliphatic heterocycles. The fourth-order valence-electron chi connectivity index (χ4n) is 5.01. The lowest BCUT2D eigenvalue weighted by molar-refractivity contribution is -0.236. The summed E-state index contributed by atoms with van der Waals surface area (Å²) in [6.07, 6.45) is -4.54. The predicted molar refractivity (Wildman–Crippen MR) is 150 cm³/mol. The Kier molecular flexibility index (Phi) is 10.2. The highest BCUT2D eigenvalue weighted by molar-refractivity contribution is 8.06. The van der Waals surface area contributed by atoms with Gasteiger partial charge < -0.3 is 60.1 Å². The van der Waals surface area contributed by atoms with Gasteiger partial charge in [0.2, 0.25) is 0 Å². The fourth-order valence-corrected chi connectivity index (χ4v) is 7.36. The van der Waals surface area contributed by atoms with Gasteiger partial charge in [-0.1, -0.05) is 11.8 Å². The largest absolute Gasteiger partial charge is 0.780 e. The SMILES string of the molecule is CO[C@@H]1[C@@H]2OP([O-])(=S)OC[C@@H]3C[C@@H](OP(=O)([O-])OC[C@H]2O[C@H]1n1ccc(=O)[nH]c1=O)[C@H](n1cnc2c(N)ncnc21)O3.[NH4+].[NH4+]. The zero-order valence-electron chi connectivity index (χ0n) is 23.5. The maximum atomic E-state index is 13.3. The van der Waals surface area contributed by atoms with Gasteiger partial charge in [-0.15, -0.1) is 0 Å². The molecule has 0 aromatic carbocycles. The first-order valence-electron chi connectivity index (χ1n) is 12.3. The number of aromatic nitrogens is 6. The number of nitrogen functional groups attached to an aromatic ring is 1. The quantitative estimate of drug-likeness (QED) is 0.235. The number of nitrogens with two attached hydrogens (primary N) is 1. The van der Waals surface area contributed by atoms with Crippen molar-refractivity contribution in [2.45, 2.75) is 49.4 Å². The minimum Gasteiger partial charge on any atom is -0.780 e. The van der Waals surface area contributed by atoms with Gasteiger partial charge in [-0.2, -0.15) is 0 Å². The zero-order chi connectivity index (χ0) is 29.8. The van der Waals surface area contributed by atoms with Gasteiger partial charge in [-0.25, -0.2) is 19.7 Å². The topological polar surface area (TPSA) is 325 Å². The van der Waals surface area contributed by atoms with Gasteiger partial charge in [0.05, 0.1) is 25.6 Å². The number of aromatic amines is 1. The standard InChI is InChI=1S/C20H25N7O12P2S.2H3N/c1-33-15-14-11(37-19(15)26-3-2-12(28)25-20(26)29)6-34-40(30,31)38-10-4-9(5-35-41(32,42)39-14)36-18(10)27-8-24-13-16(21)22-7-23-17(13)27;;/h2-3,7-11,14-15,18-19H,4-6H2,1H3,(H,30,31)(H,32,42)(H2,21,22,23)(H,25,28,29);2*1H3/t9-,10+,11+,14+,15+,18+,19+,41?;;/m0../s1. The molecular weight excluding hydrogens is 652 g/mol. The van der Waals surface area contributed by atoms with E-state index >= 15 is 0 Å². The molecule has 21 nitrogen and oxygen atoms in total. The molecule has 3 aliphatic rings. The van der Waals surface area contributed by atoms with E-state index in [0.29, 0.717) is 0 Å². The van der Waals surface area contributed by atoms with Crippen molar-refractivity contribution in [3.63, 3.8) is 0 Å². The summed E-state index contributed by atoms with van der Waals surface area (Å²) in [6, 6.07) is 1.07. The molecule has 3 saturated heterocycles. The van der Waals surface area contributed by atoms with Crippen LogP contribution in [0.25, 0.3) is 11.2 Å². The Labute approximate surface area is 252 Å². The lowest BCUT2D eigenvalue weighted by atomic mass is 10.1. The lowest BCUT2D eigenvalue weighted by Crippen LogP contribution is -2.40. The minimum atomic E-state index is -5.07. The van der Waals surface area contributed by atoms with Gasteiger partial charge in [0.1, 0.15) is 43.0 Å². The third-order valence-electron chi connectivity index (χ3n) is 6.82. The average molecular weight is 684 g/mol. The minimum absolute atomic E-state index is 0. The van der Waals surface area contributed by atoms with Gasteiger partial charge in [0.25, 0.3) is 13.4 Å². The van der Waals surface area contributed by atoms with E-state index in [4.69, 9.17) is 49.8 Å².